The summed E-state index contributed by atoms with van der Waals surface area (Å²) in [6.07, 6.45) is 0.573. The highest BCUT2D eigenvalue weighted by atomic mass is 16.5. The number of hydrogen-bond donors (Lipinski definition) is 1. The number of aromatic hydroxyl groups is 1. The van der Waals surface area contributed by atoms with Crippen LogP contribution in [0.1, 0.15) is 20.9 Å². The van der Waals surface area contributed by atoms with Crippen molar-refractivity contribution >= 4 is 12.3 Å². The second-order valence-electron chi connectivity index (χ2n) is 3.54. The maximum Gasteiger partial charge on any atom is 0.337 e. The van der Waals surface area contributed by atoms with Crippen LogP contribution in [0.25, 0.3) is 11.3 Å². The lowest BCUT2D eigenvalue weighted by Crippen LogP contribution is -2.00. The molecule has 0 atom stereocenters. The van der Waals surface area contributed by atoms with Gasteiger partial charge in [0, 0.05) is 0 Å². The summed E-state index contributed by atoms with van der Waals surface area (Å²) in [5.74, 6) is -0.137. The quantitative estimate of drug-likeness (QED) is 0.663. The second-order valence-corrected chi connectivity index (χ2v) is 3.54. The molecule has 1 N–H and O–H groups in total. The molecular formula is C13H10O5. The maximum atomic E-state index is 11.3. The van der Waals surface area contributed by atoms with Crippen LogP contribution in [-0.4, -0.2) is 24.5 Å². The average molecular weight is 246 g/mol. The Balaban J connectivity index is 2.40. The third-order valence-electron chi connectivity index (χ3n) is 2.43. The molecule has 0 bridgehead atoms. The minimum Gasteiger partial charge on any atom is -0.507 e. The van der Waals surface area contributed by atoms with Gasteiger partial charge in [-0.05, 0) is 30.3 Å². The van der Waals surface area contributed by atoms with Crippen molar-refractivity contribution in [2.75, 3.05) is 7.11 Å². The molecule has 92 valence electrons. The fraction of sp³-hybridized carbons (Fsp3) is 0.0769. The highest BCUT2D eigenvalue weighted by Gasteiger charge is 2.13. The maximum absolute atomic E-state index is 11.3. The molecule has 5 nitrogen and oxygen atoms in total. The highest BCUT2D eigenvalue weighted by molar-refractivity contribution is 5.91. The average Bonchev–Trinajstić information content (AvgIpc) is 2.86. The number of benzene rings is 1. The van der Waals surface area contributed by atoms with E-state index in [2.05, 4.69) is 4.74 Å². The Kier molecular flexibility index (Phi) is 3.14. The Morgan fingerprint density at radius 1 is 1.33 bits per heavy atom. The predicted octanol–water partition coefficient (Wildman–Crippen LogP) is 2.25. The number of carbonyl (C=O) groups excluding carboxylic acids is 2. The number of methoxy groups -OCH3 is 1. The summed E-state index contributed by atoms with van der Waals surface area (Å²) in [6, 6.07) is 7.37. The molecule has 1 heterocycles. The van der Waals surface area contributed by atoms with Crippen molar-refractivity contribution in [2.45, 2.75) is 0 Å². The molecule has 5 heteroatoms. The summed E-state index contributed by atoms with van der Waals surface area (Å²) >= 11 is 0. The van der Waals surface area contributed by atoms with Crippen LogP contribution in [0.15, 0.2) is 34.7 Å². The van der Waals surface area contributed by atoms with E-state index in [1.807, 2.05) is 0 Å². The van der Waals surface area contributed by atoms with Gasteiger partial charge in [0.15, 0.2) is 12.0 Å². The van der Waals surface area contributed by atoms with Crippen molar-refractivity contribution in [2.24, 2.45) is 0 Å². The molecule has 2 rings (SSSR count). The van der Waals surface area contributed by atoms with Gasteiger partial charge in [-0.1, -0.05) is 0 Å². The Labute approximate surface area is 103 Å². The first-order valence-electron chi connectivity index (χ1n) is 5.12. The first-order chi connectivity index (χ1) is 8.65. The Morgan fingerprint density at radius 2 is 2.11 bits per heavy atom. The normalized spacial score (nSPS) is 10.1. The number of hydrogen-bond acceptors (Lipinski definition) is 5. The van der Waals surface area contributed by atoms with Crippen LogP contribution in [0, 0.1) is 0 Å². The molecule has 0 saturated heterocycles. The molecule has 0 aliphatic heterocycles. The summed E-state index contributed by atoms with van der Waals surface area (Å²) in [5.41, 5.74) is 0.636. The van der Waals surface area contributed by atoms with E-state index in [1.54, 1.807) is 6.07 Å². The zero-order chi connectivity index (χ0) is 13.1. The third kappa shape index (κ3) is 2.10. The molecular weight excluding hydrogens is 236 g/mol. The smallest absolute Gasteiger partial charge is 0.337 e. The van der Waals surface area contributed by atoms with E-state index in [9.17, 15) is 14.7 Å². The molecule has 0 unspecified atom stereocenters. The number of ether oxygens (including phenoxy) is 1. The third-order valence-corrected chi connectivity index (χ3v) is 2.43. The molecule has 0 aliphatic carbocycles. The number of phenolic OH excluding ortho intramolecular Hbond substituents is 1. The van der Waals surface area contributed by atoms with Crippen molar-refractivity contribution in [1.29, 1.82) is 0 Å². The van der Waals surface area contributed by atoms with Gasteiger partial charge in [0.05, 0.1) is 18.2 Å². The van der Waals surface area contributed by atoms with Gasteiger partial charge in [0.2, 0.25) is 0 Å². The number of furan rings is 1. The summed E-state index contributed by atoms with van der Waals surface area (Å²) in [7, 11) is 1.26. The van der Waals surface area contributed by atoms with Crippen LogP contribution >= 0.6 is 0 Å². The fourth-order valence-corrected chi connectivity index (χ4v) is 1.55. The molecule has 0 saturated carbocycles. The van der Waals surface area contributed by atoms with Crippen LogP contribution in [0.4, 0.5) is 0 Å². The summed E-state index contributed by atoms with van der Waals surface area (Å²) in [5, 5.41) is 9.82. The van der Waals surface area contributed by atoms with Crippen LogP contribution in [0.3, 0.4) is 0 Å². The lowest BCUT2D eigenvalue weighted by molar-refractivity contribution is 0.0600. The number of phenols is 1. The number of aldehydes is 1. The van der Waals surface area contributed by atoms with Gasteiger partial charge >= 0.3 is 5.97 Å². The van der Waals surface area contributed by atoms with E-state index in [4.69, 9.17) is 4.42 Å². The van der Waals surface area contributed by atoms with Gasteiger partial charge < -0.3 is 14.3 Å². The summed E-state index contributed by atoms with van der Waals surface area (Å²) in [6.45, 7) is 0. The standard InChI is InChI=1S/C13H10O5/c1-17-13(16)8-2-4-10(11(15)6-8)12-5-3-9(7-14)18-12/h2-7,15H,1H3. The van der Waals surface area contributed by atoms with Gasteiger partial charge in [-0.25, -0.2) is 4.79 Å². The molecule has 1 aromatic carbocycles. The molecule has 0 spiro atoms. The van der Waals surface area contributed by atoms with Crippen LogP contribution in [0.5, 0.6) is 5.75 Å². The van der Waals surface area contributed by atoms with E-state index < -0.39 is 5.97 Å². The highest BCUT2D eigenvalue weighted by Crippen LogP contribution is 2.31. The van der Waals surface area contributed by atoms with E-state index in [0.717, 1.165) is 0 Å². The van der Waals surface area contributed by atoms with Gasteiger partial charge in [-0.15, -0.1) is 0 Å². The Hall–Kier alpha value is -2.56. The first-order valence-corrected chi connectivity index (χ1v) is 5.12. The Morgan fingerprint density at radius 3 is 2.67 bits per heavy atom. The summed E-state index contributed by atoms with van der Waals surface area (Å²) in [4.78, 5) is 21.8. The molecule has 2 aromatic rings. The topological polar surface area (TPSA) is 76.7 Å². The molecule has 0 fully saturated rings. The van der Waals surface area contributed by atoms with Gasteiger partial charge in [0.25, 0.3) is 0 Å². The van der Waals surface area contributed by atoms with Crippen molar-refractivity contribution in [3.63, 3.8) is 0 Å². The van der Waals surface area contributed by atoms with Crippen LogP contribution in [0.2, 0.25) is 0 Å². The van der Waals surface area contributed by atoms with Gasteiger partial charge in [0.1, 0.15) is 11.5 Å². The summed E-state index contributed by atoms with van der Waals surface area (Å²) < 4.78 is 9.72. The number of rotatable bonds is 3. The second kappa shape index (κ2) is 4.75. The molecule has 18 heavy (non-hydrogen) atoms. The molecule has 0 aliphatic rings. The molecule has 0 radical (unpaired) electrons. The Bertz CT molecular complexity index is 597. The van der Waals surface area contributed by atoms with Gasteiger partial charge in [-0.3, -0.25) is 4.79 Å². The lowest BCUT2D eigenvalue weighted by Gasteiger charge is -2.04. The zero-order valence-electron chi connectivity index (χ0n) is 9.54. The number of esters is 1. The molecule has 1 aromatic heterocycles. The van der Waals surface area contributed by atoms with E-state index in [1.165, 1.54) is 31.4 Å². The molecule has 0 amide bonds. The number of carbonyl (C=O) groups is 2. The van der Waals surface area contributed by atoms with Crippen LogP contribution < -0.4 is 0 Å². The minimum absolute atomic E-state index is 0.121. The van der Waals surface area contributed by atoms with E-state index in [0.29, 0.717) is 17.6 Å². The van der Waals surface area contributed by atoms with Crippen LogP contribution in [-0.2, 0) is 4.74 Å². The van der Waals surface area contributed by atoms with Crippen molar-refractivity contribution in [3.8, 4) is 17.1 Å². The van der Waals surface area contributed by atoms with Gasteiger partial charge in [-0.2, -0.15) is 0 Å². The predicted molar refractivity (Wildman–Crippen MR) is 62.5 cm³/mol. The van der Waals surface area contributed by atoms with Crippen molar-refractivity contribution in [1.82, 2.24) is 0 Å². The largest absolute Gasteiger partial charge is 0.507 e. The lowest BCUT2D eigenvalue weighted by atomic mass is 10.1. The van der Waals surface area contributed by atoms with Crippen molar-refractivity contribution in [3.05, 3.63) is 41.7 Å². The zero-order valence-corrected chi connectivity index (χ0v) is 9.54. The minimum atomic E-state index is -0.537. The van der Waals surface area contributed by atoms with E-state index in [-0.39, 0.29) is 17.1 Å². The fourth-order valence-electron chi connectivity index (χ4n) is 1.55. The monoisotopic (exact) mass is 246 g/mol. The first kappa shape index (κ1) is 11.9. The SMILES string of the molecule is COC(=O)c1ccc(-c2ccc(C=O)o2)c(O)c1. The van der Waals surface area contributed by atoms with Crippen molar-refractivity contribution < 1.29 is 23.8 Å². The van der Waals surface area contributed by atoms with E-state index >= 15 is 0 Å².